The van der Waals surface area contributed by atoms with Crippen molar-refractivity contribution >= 4 is 34.7 Å². The van der Waals surface area contributed by atoms with E-state index < -0.39 is 0 Å². The number of ether oxygens (including phenoxy) is 2. The van der Waals surface area contributed by atoms with Crippen LogP contribution in [0.3, 0.4) is 0 Å². The number of nitrogens with zero attached hydrogens (tertiary/aromatic N) is 2. The summed E-state index contributed by atoms with van der Waals surface area (Å²) in [7, 11) is 5.04. The van der Waals surface area contributed by atoms with E-state index in [1.54, 1.807) is 49.3 Å². The number of carbonyl (C=O) groups excluding carboxylic acids is 1. The summed E-state index contributed by atoms with van der Waals surface area (Å²) in [5, 5.41) is 2.95. The van der Waals surface area contributed by atoms with Crippen LogP contribution in [-0.4, -0.2) is 37.9 Å². The molecule has 0 saturated carbocycles. The third-order valence-electron chi connectivity index (χ3n) is 4.18. The molecule has 0 saturated heterocycles. The summed E-state index contributed by atoms with van der Waals surface area (Å²) in [6.07, 6.45) is 0. The first-order valence-electron chi connectivity index (χ1n) is 8.68. The number of methoxy groups -OCH3 is 2. The number of thioether (sulfide) groups is 1. The lowest BCUT2D eigenvalue weighted by Gasteiger charge is -2.16. The van der Waals surface area contributed by atoms with E-state index in [-0.39, 0.29) is 5.91 Å². The van der Waals surface area contributed by atoms with Gasteiger partial charge in [-0.15, -0.1) is 23.1 Å². The molecule has 0 aliphatic rings. The first-order valence-corrected chi connectivity index (χ1v) is 10.7. The standard InChI is InChI=1S/C21H22N2O3S2/c1-23(17-7-5-4-6-8-17)20(24)14-27-12-16-13-28-21(22-16)15-9-10-18(25-2)19(11-15)26-3/h4-11,13H,12,14H2,1-3H3. The largest absolute Gasteiger partial charge is 0.493 e. The zero-order valence-corrected chi connectivity index (χ0v) is 17.7. The van der Waals surface area contributed by atoms with E-state index >= 15 is 0 Å². The Morgan fingerprint density at radius 3 is 2.57 bits per heavy atom. The van der Waals surface area contributed by atoms with Gasteiger partial charge in [-0.25, -0.2) is 4.98 Å². The number of rotatable bonds is 8. The maximum Gasteiger partial charge on any atom is 0.236 e. The normalized spacial score (nSPS) is 10.5. The quantitative estimate of drug-likeness (QED) is 0.534. The summed E-state index contributed by atoms with van der Waals surface area (Å²) in [6.45, 7) is 0. The molecule has 5 nitrogen and oxygen atoms in total. The van der Waals surface area contributed by atoms with Gasteiger partial charge in [0.05, 0.1) is 25.7 Å². The van der Waals surface area contributed by atoms with Crippen LogP contribution in [0, 0.1) is 0 Å². The number of para-hydroxylation sites is 1. The van der Waals surface area contributed by atoms with E-state index in [0.717, 1.165) is 22.0 Å². The Labute approximate surface area is 173 Å². The minimum atomic E-state index is 0.0755. The topological polar surface area (TPSA) is 51.7 Å². The summed E-state index contributed by atoms with van der Waals surface area (Å²) in [5.74, 6) is 2.55. The Kier molecular flexibility index (Phi) is 6.95. The van der Waals surface area contributed by atoms with Crippen LogP contribution < -0.4 is 14.4 Å². The molecule has 7 heteroatoms. The van der Waals surface area contributed by atoms with Crippen LogP contribution >= 0.6 is 23.1 Å². The molecular formula is C21H22N2O3S2. The maximum absolute atomic E-state index is 12.4. The first kappa shape index (κ1) is 20.2. The SMILES string of the molecule is COc1ccc(-c2nc(CSCC(=O)N(C)c3ccccc3)cs2)cc1OC. The summed E-state index contributed by atoms with van der Waals surface area (Å²) in [4.78, 5) is 18.7. The molecule has 0 atom stereocenters. The van der Waals surface area contributed by atoms with E-state index in [0.29, 0.717) is 23.0 Å². The van der Waals surface area contributed by atoms with E-state index in [9.17, 15) is 4.79 Å². The highest BCUT2D eigenvalue weighted by molar-refractivity contribution is 7.99. The number of amides is 1. The molecule has 0 bridgehead atoms. The van der Waals surface area contributed by atoms with Gasteiger partial charge >= 0.3 is 0 Å². The molecule has 0 aliphatic heterocycles. The Bertz CT molecular complexity index is 928. The molecular weight excluding hydrogens is 392 g/mol. The van der Waals surface area contributed by atoms with Crippen LogP contribution in [0.4, 0.5) is 5.69 Å². The van der Waals surface area contributed by atoms with E-state index in [2.05, 4.69) is 4.98 Å². The van der Waals surface area contributed by atoms with Gasteiger partial charge in [-0.3, -0.25) is 4.79 Å². The highest BCUT2D eigenvalue weighted by Gasteiger charge is 2.12. The van der Waals surface area contributed by atoms with Gasteiger partial charge in [0, 0.05) is 29.4 Å². The molecule has 28 heavy (non-hydrogen) atoms. The second kappa shape index (κ2) is 9.61. The average molecular weight is 415 g/mol. The monoisotopic (exact) mass is 414 g/mol. The van der Waals surface area contributed by atoms with Gasteiger partial charge < -0.3 is 14.4 Å². The fraction of sp³-hybridized carbons (Fsp3) is 0.238. The lowest BCUT2D eigenvalue weighted by atomic mass is 10.2. The molecule has 0 N–H and O–H groups in total. The second-order valence-corrected chi connectivity index (χ2v) is 7.84. The van der Waals surface area contributed by atoms with Gasteiger partial charge in [0.2, 0.25) is 5.91 Å². The molecule has 146 valence electrons. The van der Waals surface area contributed by atoms with Crippen molar-refractivity contribution in [1.82, 2.24) is 4.98 Å². The van der Waals surface area contributed by atoms with Crippen molar-refractivity contribution in [2.45, 2.75) is 5.75 Å². The molecule has 0 aliphatic carbocycles. The zero-order chi connectivity index (χ0) is 19.9. The minimum Gasteiger partial charge on any atom is -0.493 e. The molecule has 0 unspecified atom stereocenters. The van der Waals surface area contributed by atoms with E-state index in [1.165, 1.54) is 0 Å². The Morgan fingerprint density at radius 2 is 1.86 bits per heavy atom. The molecule has 0 spiro atoms. The predicted octanol–water partition coefficient (Wildman–Crippen LogP) is 4.72. The van der Waals surface area contributed by atoms with Gasteiger partial charge in [0.25, 0.3) is 0 Å². The van der Waals surface area contributed by atoms with Gasteiger partial charge in [-0.05, 0) is 30.3 Å². The summed E-state index contributed by atoms with van der Waals surface area (Å²) in [6, 6.07) is 15.4. The smallest absolute Gasteiger partial charge is 0.236 e. The Hall–Kier alpha value is -2.51. The van der Waals surface area contributed by atoms with Crippen molar-refractivity contribution in [2.24, 2.45) is 0 Å². The highest BCUT2D eigenvalue weighted by atomic mass is 32.2. The van der Waals surface area contributed by atoms with Gasteiger partial charge in [-0.1, -0.05) is 18.2 Å². The van der Waals surface area contributed by atoms with Crippen LogP contribution in [0.15, 0.2) is 53.9 Å². The van der Waals surface area contributed by atoms with Crippen molar-refractivity contribution < 1.29 is 14.3 Å². The summed E-state index contributed by atoms with van der Waals surface area (Å²) >= 11 is 3.15. The van der Waals surface area contributed by atoms with Gasteiger partial charge in [0.15, 0.2) is 11.5 Å². The van der Waals surface area contributed by atoms with Crippen molar-refractivity contribution in [3.05, 3.63) is 59.6 Å². The van der Waals surface area contributed by atoms with Crippen molar-refractivity contribution in [3.8, 4) is 22.1 Å². The first-order chi connectivity index (χ1) is 13.6. The Morgan fingerprint density at radius 1 is 1.11 bits per heavy atom. The average Bonchev–Trinajstić information content (AvgIpc) is 3.22. The maximum atomic E-state index is 12.4. The number of thiazole rings is 1. The molecule has 0 radical (unpaired) electrons. The number of aromatic nitrogens is 1. The number of benzene rings is 2. The molecule has 1 heterocycles. The fourth-order valence-electron chi connectivity index (χ4n) is 2.61. The van der Waals surface area contributed by atoms with Crippen LogP contribution in [0.25, 0.3) is 10.6 Å². The number of hydrogen-bond acceptors (Lipinski definition) is 6. The summed E-state index contributed by atoms with van der Waals surface area (Å²) < 4.78 is 10.6. The van der Waals surface area contributed by atoms with Crippen LogP contribution in [0.2, 0.25) is 0 Å². The number of hydrogen-bond donors (Lipinski definition) is 0. The molecule has 2 aromatic carbocycles. The highest BCUT2D eigenvalue weighted by Crippen LogP contribution is 2.34. The number of anilines is 1. The van der Waals surface area contributed by atoms with E-state index in [4.69, 9.17) is 9.47 Å². The van der Waals surface area contributed by atoms with E-state index in [1.807, 2.05) is 53.9 Å². The number of carbonyl (C=O) groups is 1. The third-order valence-corrected chi connectivity index (χ3v) is 6.07. The Balaban J connectivity index is 1.57. The van der Waals surface area contributed by atoms with Gasteiger partial charge in [-0.2, -0.15) is 0 Å². The summed E-state index contributed by atoms with van der Waals surface area (Å²) in [5.41, 5.74) is 2.85. The third kappa shape index (κ3) is 4.85. The lowest BCUT2D eigenvalue weighted by molar-refractivity contribution is -0.115. The van der Waals surface area contributed by atoms with Crippen molar-refractivity contribution in [2.75, 3.05) is 31.9 Å². The molecule has 1 aromatic heterocycles. The molecule has 0 fully saturated rings. The minimum absolute atomic E-state index is 0.0755. The van der Waals surface area contributed by atoms with Gasteiger partial charge in [0.1, 0.15) is 5.01 Å². The van der Waals surface area contributed by atoms with Crippen molar-refractivity contribution in [3.63, 3.8) is 0 Å². The van der Waals surface area contributed by atoms with Crippen LogP contribution in [-0.2, 0) is 10.5 Å². The predicted molar refractivity (Wildman–Crippen MR) is 117 cm³/mol. The molecule has 1 amide bonds. The second-order valence-electron chi connectivity index (χ2n) is 5.99. The lowest BCUT2D eigenvalue weighted by Crippen LogP contribution is -2.27. The molecule has 3 rings (SSSR count). The molecule has 3 aromatic rings. The zero-order valence-electron chi connectivity index (χ0n) is 16.0. The van der Waals surface area contributed by atoms with Crippen LogP contribution in [0.5, 0.6) is 11.5 Å². The fourth-order valence-corrected chi connectivity index (χ4v) is 4.36. The van der Waals surface area contributed by atoms with Crippen LogP contribution in [0.1, 0.15) is 5.69 Å². The van der Waals surface area contributed by atoms with Crippen molar-refractivity contribution in [1.29, 1.82) is 0 Å².